The van der Waals surface area contributed by atoms with Crippen molar-refractivity contribution in [3.05, 3.63) is 47.8 Å². The molecule has 2 N–H and O–H groups in total. The van der Waals surface area contributed by atoms with Crippen LogP contribution in [0.25, 0.3) is 5.69 Å². The Labute approximate surface area is 226 Å². The van der Waals surface area contributed by atoms with E-state index in [1.165, 1.54) is 4.90 Å². The summed E-state index contributed by atoms with van der Waals surface area (Å²) in [6.07, 6.45) is -6.74. The van der Waals surface area contributed by atoms with Crippen molar-refractivity contribution < 1.29 is 40.7 Å². The molecule has 1 unspecified atom stereocenters. The second kappa shape index (κ2) is 11.9. The number of carbonyl (C=O) groups excluding carboxylic acids is 3. The first-order valence-corrected chi connectivity index (χ1v) is 13.0. The first-order chi connectivity index (χ1) is 18.8. The first-order valence-electron chi connectivity index (χ1n) is 13.0. The van der Waals surface area contributed by atoms with Gasteiger partial charge in [-0.1, -0.05) is 18.2 Å². The van der Waals surface area contributed by atoms with Gasteiger partial charge < -0.3 is 15.5 Å². The Kier molecular flexibility index (Phi) is 8.74. The Morgan fingerprint density at radius 2 is 1.50 bits per heavy atom. The van der Waals surface area contributed by atoms with Crippen molar-refractivity contribution in [1.82, 2.24) is 25.3 Å². The van der Waals surface area contributed by atoms with E-state index in [1.54, 1.807) is 30.3 Å². The molecule has 0 bridgehead atoms. The summed E-state index contributed by atoms with van der Waals surface area (Å²) in [7, 11) is 0. The van der Waals surface area contributed by atoms with Crippen LogP contribution in [0.3, 0.4) is 0 Å². The summed E-state index contributed by atoms with van der Waals surface area (Å²) in [5, 5.41) is 8.54. The molecule has 0 spiro atoms. The minimum Gasteiger partial charge on any atom is -0.354 e. The molecular weight excluding hydrogens is 544 g/mol. The van der Waals surface area contributed by atoms with E-state index in [4.69, 9.17) is 0 Å². The zero-order valence-corrected chi connectivity index (χ0v) is 21.4. The minimum atomic E-state index is -4.85. The summed E-state index contributed by atoms with van der Waals surface area (Å²) in [6, 6.07) is 8.02. The van der Waals surface area contributed by atoms with Crippen LogP contribution in [0.15, 0.2) is 36.5 Å². The molecule has 1 aliphatic heterocycles. The Morgan fingerprint density at radius 3 is 2.10 bits per heavy atom. The predicted molar refractivity (Wildman–Crippen MR) is 130 cm³/mol. The van der Waals surface area contributed by atoms with Gasteiger partial charge in [0, 0.05) is 44.2 Å². The molecule has 0 radical (unpaired) electrons. The third-order valence-electron chi connectivity index (χ3n) is 7.37. The van der Waals surface area contributed by atoms with E-state index in [2.05, 4.69) is 15.7 Å². The number of aromatic nitrogens is 2. The summed E-state index contributed by atoms with van der Waals surface area (Å²) in [6.45, 7) is -0.398. The summed E-state index contributed by atoms with van der Waals surface area (Å²) < 4.78 is 80.2. The van der Waals surface area contributed by atoms with Gasteiger partial charge in [-0.3, -0.25) is 14.4 Å². The van der Waals surface area contributed by atoms with Crippen LogP contribution in [0.1, 0.15) is 48.2 Å². The van der Waals surface area contributed by atoms with E-state index in [-0.39, 0.29) is 44.4 Å². The van der Waals surface area contributed by atoms with Gasteiger partial charge in [0.1, 0.15) is 0 Å². The van der Waals surface area contributed by atoms with Gasteiger partial charge >= 0.3 is 12.4 Å². The lowest BCUT2D eigenvalue weighted by Gasteiger charge is -2.30. The molecule has 4 rings (SSSR count). The monoisotopic (exact) mass is 573 g/mol. The van der Waals surface area contributed by atoms with Gasteiger partial charge in [0.25, 0.3) is 5.91 Å². The van der Waals surface area contributed by atoms with Crippen molar-refractivity contribution in [3.8, 4) is 5.69 Å². The smallest absolute Gasteiger partial charge is 0.354 e. The number of benzene rings is 1. The maximum Gasteiger partial charge on any atom is 0.435 e. The molecule has 1 aliphatic carbocycles. The molecule has 1 saturated heterocycles. The van der Waals surface area contributed by atoms with Crippen LogP contribution < -0.4 is 10.6 Å². The Hall–Kier alpha value is -3.58. The SMILES string of the molecule is O=C(NCCNC(=O)C1CCC(C(=O)N2CCC(C(F)(F)F)C2)CC1)c1cn(-c2ccccc2)nc1C(F)(F)F. The standard InChI is InChI=1S/C26H29F6N5O3/c27-25(28,29)18-10-13-36(14-18)24(40)17-8-6-16(7-9-17)22(38)33-11-12-34-23(39)20-15-37(19-4-2-1-3-5-19)35-21(20)26(30,31)32/h1-5,15-18H,6-14H2,(H,33,38)(H,34,39). The van der Waals surface area contributed by atoms with Gasteiger partial charge in [0.05, 0.1) is 17.2 Å². The number of carbonyl (C=O) groups is 3. The third-order valence-corrected chi connectivity index (χ3v) is 7.37. The number of hydrogen-bond acceptors (Lipinski definition) is 4. The molecule has 1 aromatic carbocycles. The van der Waals surface area contributed by atoms with Gasteiger partial charge in [-0.15, -0.1) is 0 Å². The molecule has 3 amide bonds. The number of hydrogen-bond donors (Lipinski definition) is 2. The molecule has 2 aromatic rings. The van der Waals surface area contributed by atoms with E-state index in [1.807, 2.05) is 0 Å². The Bertz CT molecular complexity index is 1210. The quantitative estimate of drug-likeness (QED) is 0.387. The van der Waals surface area contributed by atoms with Crippen molar-refractivity contribution >= 4 is 17.7 Å². The average molecular weight is 574 g/mol. The highest BCUT2D eigenvalue weighted by molar-refractivity contribution is 5.95. The molecule has 1 saturated carbocycles. The van der Waals surface area contributed by atoms with Gasteiger partial charge in [-0.2, -0.15) is 31.4 Å². The lowest BCUT2D eigenvalue weighted by atomic mass is 9.81. The van der Waals surface area contributed by atoms with Gasteiger partial charge in [-0.05, 0) is 44.2 Å². The van der Waals surface area contributed by atoms with E-state index in [9.17, 15) is 40.7 Å². The lowest BCUT2D eigenvalue weighted by Crippen LogP contribution is -2.41. The number of rotatable bonds is 7. The van der Waals surface area contributed by atoms with Crippen molar-refractivity contribution in [2.75, 3.05) is 26.2 Å². The summed E-state index contributed by atoms with van der Waals surface area (Å²) in [5.41, 5.74) is -1.63. The number of alkyl halides is 6. The zero-order chi connectivity index (χ0) is 29.1. The van der Waals surface area contributed by atoms with Crippen LogP contribution in [-0.4, -0.2) is 64.8 Å². The molecule has 1 aromatic heterocycles. The molecule has 1 atom stereocenters. The fourth-order valence-corrected chi connectivity index (χ4v) is 5.15. The number of likely N-dealkylation sites (tertiary alicyclic amines) is 1. The van der Waals surface area contributed by atoms with Crippen LogP contribution in [0.2, 0.25) is 0 Å². The van der Waals surface area contributed by atoms with E-state index < -0.39 is 47.3 Å². The van der Waals surface area contributed by atoms with Crippen molar-refractivity contribution in [2.24, 2.45) is 17.8 Å². The number of para-hydroxylation sites is 1. The summed E-state index contributed by atoms with van der Waals surface area (Å²) in [4.78, 5) is 39.0. The average Bonchev–Trinajstić information content (AvgIpc) is 3.60. The summed E-state index contributed by atoms with van der Waals surface area (Å²) >= 11 is 0. The lowest BCUT2D eigenvalue weighted by molar-refractivity contribution is -0.171. The number of nitrogens with one attached hydrogen (secondary N) is 2. The molecular formula is C26H29F6N5O3. The van der Waals surface area contributed by atoms with Crippen LogP contribution in [0, 0.1) is 17.8 Å². The first kappa shape index (κ1) is 29.4. The maximum absolute atomic E-state index is 13.5. The van der Waals surface area contributed by atoms with E-state index in [0.717, 1.165) is 10.9 Å². The van der Waals surface area contributed by atoms with Crippen LogP contribution >= 0.6 is 0 Å². The second-order valence-electron chi connectivity index (χ2n) is 10.1. The Balaban J connectivity index is 1.22. The summed E-state index contributed by atoms with van der Waals surface area (Å²) in [5.74, 6) is -3.93. The number of nitrogens with zero attached hydrogens (tertiary/aromatic N) is 3. The van der Waals surface area contributed by atoms with E-state index in [0.29, 0.717) is 31.4 Å². The fraction of sp³-hybridized carbons (Fsp3) is 0.538. The van der Waals surface area contributed by atoms with Gasteiger partial charge in [0.15, 0.2) is 5.69 Å². The molecule has 2 heterocycles. The molecule has 2 fully saturated rings. The second-order valence-corrected chi connectivity index (χ2v) is 10.1. The highest BCUT2D eigenvalue weighted by Gasteiger charge is 2.45. The molecule has 218 valence electrons. The molecule has 2 aliphatic rings. The van der Waals surface area contributed by atoms with Crippen molar-refractivity contribution in [3.63, 3.8) is 0 Å². The number of amides is 3. The van der Waals surface area contributed by atoms with E-state index >= 15 is 0 Å². The normalized spacial score (nSPS) is 21.8. The largest absolute Gasteiger partial charge is 0.435 e. The van der Waals surface area contributed by atoms with Crippen LogP contribution in [0.5, 0.6) is 0 Å². The third kappa shape index (κ3) is 6.94. The van der Waals surface area contributed by atoms with Gasteiger partial charge in [-0.25, -0.2) is 4.68 Å². The highest BCUT2D eigenvalue weighted by atomic mass is 19.4. The minimum absolute atomic E-state index is 0.0236. The predicted octanol–water partition coefficient (Wildman–Crippen LogP) is 3.95. The van der Waals surface area contributed by atoms with Crippen molar-refractivity contribution in [2.45, 2.75) is 44.5 Å². The van der Waals surface area contributed by atoms with Crippen molar-refractivity contribution in [1.29, 1.82) is 0 Å². The maximum atomic E-state index is 13.5. The molecule has 14 heteroatoms. The highest BCUT2D eigenvalue weighted by Crippen LogP contribution is 2.36. The topological polar surface area (TPSA) is 96.3 Å². The zero-order valence-electron chi connectivity index (χ0n) is 21.4. The van der Waals surface area contributed by atoms with Gasteiger partial charge in [0.2, 0.25) is 11.8 Å². The molecule has 40 heavy (non-hydrogen) atoms. The van der Waals surface area contributed by atoms with Crippen LogP contribution in [0.4, 0.5) is 26.3 Å². The Morgan fingerprint density at radius 1 is 0.875 bits per heavy atom. The number of halogens is 6. The molecule has 8 nitrogen and oxygen atoms in total. The van der Waals surface area contributed by atoms with Crippen LogP contribution in [-0.2, 0) is 15.8 Å². The fourth-order valence-electron chi connectivity index (χ4n) is 5.15.